The van der Waals surface area contributed by atoms with Crippen LogP contribution in [0.25, 0.3) is 0 Å². The van der Waals surface area contributed by atoms with Gasteiger partial charge in [-0.3, -0.25) is 10.1 Å². The monoisotopic (exact) mass is 271 g/mol. The van der Waals surface area contributed by atoms with E-state index >= 15 is 0 Å². The van der Waals surface area contributed by atoms with Gasteiger partial charge in [0.05, 0.1) is 6.54 Å². The minimum Gasteiger partial charge on any atom is -0.411 e. The number of ether oxygens (including phenoxy) is 1. The molecule has 106 valence electrons. The van der Waals surface area contributed by atoms with E-state index in [-0.39, 0.29) is 18.3 Å². The molecule has 0 fully saturated rings. The van der Waals surface area contributed by atoms with Gasteiger partial charge >= 0.3 is 5.82 Å². The number of nitrogens with zero attached hydrogens (tertiary/aromatic N) is 4. The summed E-state index contributed by atoms with van der Waals surface area (Å²) in [5.74, 6) is 0.656. The molecule has 0 saturated carbocycles. The maximum Gasteiger partial charge on any atom is 0.305 e. The SMILES string of the molecule is CCn1cc[n+](COCC(C)(C)[N+](=O)[O-])c1C=NO. The third-order valence-electron chi connectivity index (χ3n) is 2.71. The highest BCUT2D eigenvalue weighted by atomic mass is 16.6. The molecule has 0 saturated heterocycles. The Hall–Kier alpha value is -1.96. The Morgan fingerprint density at radius 3 is 2.89 bits per heavy atom. The van der Waals surface area contributed by atoms with E-state index < -0.39 is 5.54 Å². The number of hydrogen-bond acceptors (Lipinski definition) is 5. The summed E-state index contributed by atoms with van der Waals surface area (Å²) in [6, 6.07) is 0. The Bertz CT molecular complexity index is 467. The third-order valence-corrected chi connectivity index (χ3v) is 2.71. The van der Waals surface area contributed by atoms with Gasteiger partial charge in [0.2, 0.25) is 5.54 Å². The summed E-state index contributed by atoms with van der Waals surface area (Å²) < 4.78 is 8.93. The average molecular weight is 271 g/mol. The number of imidazole rings is 1. The Morgan fingerprint density at radius 1 is 1.68 bits per heavy atom. The van der Waals surface area contributed by atoms with Crippen molar-refractivity contribution >= 4 is 6.21 Å². The number of aryl methyl sites for hydroxylation is 1. The van der Waals surface area contributed by atoms with Crippen LogP contribution in [0.15, 0.2) is 17.5 Å². The molecule has 1 heterocycles. The molecule has 19 heavy (non-hydrogen) atoms. The quantitative estimate of drug-likeness (QED) is 0.259. The first-order valence-corrected chi connectivity index (χ1v) is 5.90. The largest absolute Gasteiger partial charge is 0.411 e. The Labute approximate surface area is 111 Å². The van der Waals surface area contributed by atoms with Gasteiger partial charge in [0.25, 0.3) is 0 Å². The highest BCUT2D eigenvalue weighted by Crippen LogP contribution is 2.07. The highest BCUT2D eigenvalue weighted by molar-refractivity contribution is 5.72. The van der Waals surface area contributed by atoms with Crippen molar-refractivity contribution in [3.8, 4) is 0 Å². The van der Waals surface area contributed by atoms with Crippen molar-refractivity contribution in [2.75, 3.05) is 6.61 Å². The number of nitro groups is 1. The maximum absolute atomic E-state index is 10.7. The fourth-order valence-electron chi connectivity index (χ4n) is 1.50. The molecule has 8 nitrogen and oxygen atoms in total. The van der Waals surface area contributed by atoms with E-state index in [4.69, 9.17) is 9.94 Å². The first-order valence-electron chi connectivity index (χ1n) is 5.90. The van der Waals surface area contributed by atoms with Crippen molar-refractivity contribution in [1.82, 2.24) is 4.57 Å². The lowest BCUT2D eigenvalue weighted by Gasteiger charge is -2.14. The van der Waals surface area contributed by atoms with Gasteiger partial charge in [-0.25, -0.2) is 9.13 Å². The van der Waals surface area contributed by atoms with Gasteiger partial charge in [0.15, 0.2) is 12.9 Å². The number of oxime groups is 1. The van der Waals surface area contributed by atoms with E-state index in [1.54, 1.807) is 10.8 Å². The molecule has 0 radical (unpaired) electrons. The summed E-state index contributed by atoms with van der Waals surface area (Å²) >= 11 is 0. The highest BCUT2D eigenvalue weighted by Gasteiger charge is 2.31. The molecule has 1 aromatic heterocycles. The van der Waals surface area contributed by atoms with E-state index in [9.17, 15) is 10.1 Å². The zero-order valence-corrected chi connectivity index (χ0v) is 11.3. The van der Waals surface area contributed by atoms with Crippen LogP contribution < -0.4 is 4.57 Å². The summed E-state index contributed by atoms with van der Waals surface area (Å²) in [5, 5.41) is 22.4. The van der Waals surface area contributed by atoms with E-state index in [2.05, 4.69) is 5.16 Å². The van der Waals surface area contributed by atoms with Crippen molar-refractivity contribution in [3.63, 3.8) is 0 Å². The molecule has 0 atom stereocenters. The van der Waals surface area contributed by atoms with Crippen molar-refractivity contribution in [2.45, 2.75) is 39.6 Å². The lowest BCUT2D eigenvalue weighted by molar-refractivity contribution is -0.735. The van der Waals surface area contributed by atoms with Crippen LogP contribution in [-0.4, -0.2) is 33.1 Å². The molecule has 1 N–H and O–H groups in total. The first-order chi connectivity index (χ1) is 8.92. The lowest BCUT2D eigenvalue weighted by Crippen LogP contribution is -2.42. The molecule has 0 aliphatic heterocycles. The molecule has 0 unspecified atom stereocenters. The van der Waals surface area contributed by atoms with Crippen LogP contribution in [0.2, 0.25) is 0 Å². The van der Waals surface area contributed by atoms with Gasteiger partial charge in [-0.15, -0.1) is 0 Å². The minimum absolute atomic E-state index is 0.0000128. The maximum atomic E-state index is 10.7. The van der Waals surface area contributed by atoms with Crippen LogP contribution in [-0.2, 0) is 18.0 Å². The standard InChI is InChI=1S/C11H18N4O4/c1-4-13-5-6-14(10(13)7-12-16)9-19-8-11(2,3)15(17)18/h5-7H,4,8-9H2,1-3H3/p+1. The first kappa shape index (κ1) is 15.1. The molecule has 0 bridgehead atoms. The summed E-state index contributed by atoms with van der Waals surface area (Å²) in [6.45, 7) is 5.84. The second-order valence-electron chi connectivity index (χ2n) is 4.70. The van der Waals surface area contributed by atoms with Crippen molar-refractivity contribution in [3.05, 3.63) is 28.3 Å². The van der Waals surface area contributed by atoms with Crippen LogP contribution in [0.3, 0.4) is 0 Å². The topological polar surface area (TPSA) is 93.8 Å². The van der Waals surface area contributed by atoms with Gasteiger partial charge in [-0.05, 0) is 6.92 Å². The Morgan fingerprint density at radius 2 is 2.37 bits per heavy atom. The van der Waals surface area contributed by atoms with Crippen molar-refractivity contribution < 1.29 is 19.4 Å². The van der Waals surface area contributed by atoms with E-state index in [1.165, 1.54) is 20.1 Å². The molecule has 0 amide bonds. The molecule has 0 aliphatic carbocycles. The third kappa shape index (κ3) is 3.75. The Kier molecular flexibility index (Phi) is 4.99. The molecule has 0 aromatic carbocycles. The minimum atomic E-state index is -1.13. The smallest absolute Gasteiger partial charge is 0.305 e. The van der Waals surface area contributed by atoms with Gasteiger partial charge in [0.1, 0.15) is 19.0 Å². The van der Waals surface area contributed by atoms with E-state index in [0.717, 1.165) is 6.54 Å². The lowest BCUT2D eigenvalue weighted by atomic mass is 10.1. The van der Waals surface area contributed by atoms with E-state index in [1.807, 2.05) is 17.7 Å². The summed E-state index contributed by atoms with van der Waals surface area (Å²) in [6.07, 6.45) is 4.88. The molecule has 1 rings (SSSR count). The fraction of sp³-hybridized carbons (Fsp3) is 0.636. The number of aromatic nitrogens is 2. The van der Waals surface area contributed by atoms with Crippen molar-refractivity contribution in [1.29, 1.82) is 0 Å². The van der Waals surface area contributed by atoms with Gasteiger partial charge in [-0.2, -0.15) is 0 Å². The Balaban J connectivity index is 2.68. The molecule has 1 aromatic rings. The fourth-order valence-corrected chi connectivity index (χ4v) is 1.50. The van der Waals surface area contributed by atoms with Gasteiger partial charge < -0.3 is 9.94 Å². The molecule has 8 heteroatoms. The molecule has 0 spiro atoms. The van der Waals surface area contributed by atoms with Gasteiger partial charge in [-0.1, -0.05) is 5.16 Å². The van der Waals surface area contributed by atoms with E-state index in [0.29, 0.717) is 5.82 Å². The zero-order valence-electron chi connectivity index (χ0n) is 11.3. The normalized spacial score (nSPS) is 12.2. The van der Waals surface area contributed by atoms with Crippen LogP contribution in [0, 0.1) is 10.1 Å². The predicted molar refractivity (Wildman–Crippen MR) is 66.7 cm³/mol. The summed E-state index contributed by atoms with van der Waals surface area (Å²) in [5.41, 5.74) is -1.13. The summed E-state index contributed by atoms with van der Waals surface area (Å²) in [7, 11) is 0. The van der Waals surface area contributed by atoms with Crippen LogP contribution in [0.1, 0.15) is 26.6 Å². The zero-order chi connectivity index (χ0) is 14.5. The number of rotatable bonds is 7. The molecule has 0 aliphatic rings. The number of hydrogen-bond donors (Lipinski definition) is 1. The van der Waals surface area contributed by atoms with Crippen LogP contribution in [0.5, 0.6) is 0 Å². The van der Waals surface area contributed by atoms with Crippen LogP contribution >= 0.6 is 0 Å². The van der Waals surface area contributed by atoms with Crippen molar-refractivity contribution in [2.24, 2.45) is 5.16 Å². The molecular weight excluding hydrogens is 252 g/mol. The predicted octanol–water partition coefficient (Wildman–Crippen LogP) is 0.633. The second-order valence-corrected chi connectivity index (χ2v) is 4.70. The van der Waals surface area contributed by atoms with Crippen LogP contribution in [0.4, 0.5) is 0 Å². The summed E-state index contributed by atoms with van der Waals surface area (Å²) in [4.78, 5) is 10.4. The van der Waals surface area contributed by atoms with Gasteiger partial charge in [0, 0.05) is 18.8 Å². The molecular formula is C11H19N4O4+. The average Bonchev–Trinajstić information content (AvgIpc) is 2.72. The second kappa shape index (κ2) is 6.28.